The Kier molecular flexibility index (Phi) is 4.71. The molecule has 3 aromatic rings. The summed E-state index contributed by atoms with van der Waals surface area (Å²) in [6.07, 6.45) is 6.70. The minimum absolute atomic E-state index is 0.0707. The molecule has 0 aliphatic rings. The van der Waals surface area contributed by atoms with Gasteiger partial charge in [0.15, 0.2) is 5.78 Å². The molecule has 0 amide bonds. The molecular weight excluding hydrogens is 323 g/mol. The fraction of sp³-hybridized carbons (Fsp3) is 0.158. The van der Waals surface area contributed by atoms with Crippen LogP contribution >= 0.6 is 11.3 Å². The second-order valence-electron chi connectivity index (χ2n) is 5.71. The van der Waals surface area contributed by atoms with Crippen molar-refractivity contribution in [3.63, 3.8) is 0 Å². The lowest BCUT2D eigenvalue weighted by Gasteiger charge is -2.02. The number of halogens is 1. The SMILES string of the molecule is CC(C)n1cc(C(=O)C=Cc2ccc(-c3ccc(F)cc3)s2)cn1. The average Bonchev–Trinajstić information content (AvgIpc) is 3.23. The first-order valence-electron chi connectivity index (χ1n) is 7.65. The summed E-state index contributed by atoms with van der Waals surface area (Å²) in [4.78, 5) is 14.2. The number of thiophene rings is 1. The van der Waals surface area contributed by atoms with Crippen molar-refractivity contribution in [2.24, 2.45) is 0 Å². The van der Waals surface area contributed by atoms with E-state index in [-0.39, 0.29) is 17.6 Å². The molecule has 1 aromatic carbocycles. The molecule has 2 aromatic heterocycles. The Bertz CT molecular complexity index is 875. The van der Waals surface area contributed by atoms with Gasteiger partial charge in [-0.2, -0.15) is 5.10 Å². The molecule has 0 N–H and O–H groups in total. The van der Waals surface area contributed by atoms with E-state index < -0.39 is 0 Å². The van der Waals surface area contributed by atoms with Crippen LogP contribution in [0.2, 0.25) is 0 Å². The maximum Gasteiger partial charge on any atom is 0.189 e. The van der Waals surface area contributed by atoms with Gasteiger partial charge in [-0.3, -0.25) is 9.48 Å². The third-order valence-corrected chi connectivity index (χ3v) is 4.67. The summed E-state index contributed by atoms with van der Waals surface area (Å²) in [5.74, 6) is -0.318. The van der Waals surface area contributed by atoms with Gasteiger partial charge in [0.2, 0.25) is 0 Å². The van der Waals surface area contributed by atoms with Gasteiger partial charge in [-0.15, -0.1) is 11.3 Å². The number of rotatable bonds is 5. The Morgan fingerprint density at radius 1 is 1.21 bits per heavy atom. The van der Waals surface area contributed by atoms with Crippen molar-refractivity contribution in [3.05, 3.63) is 71.1 Å². The summed E-state index contributed by atoms with van der Waals surface area (Å²) >= 11 is 1.56. The van der Waals surface area contributed by atoms with Gasteiger partial charge in [-0.05, 0) is 55.8 Å². The quantitative estimate of drug-likeness (QED) is 0.471. The molecule has 2 heterocycles. The van der Waals surface area contributed by atoms with E-state index in [0.29, 0.717) is 5.56 Å². The number of hydrogen-bond acceptors (Lipinski definition) is 3. The first-order chi connectivity index (χ1) is 11.5. The summed E-state index contributed by atoms with van der Waals surface area (Å²) < 4.78 is 14.7. The number of hydrogen-bond donors (Lipinski definition) is 0. The van der Waals surface area contributed by atoms with E-state index in [1.165, 1.54) is 12.1 Å². The number of benzene rings is 1. The van der Waals surface area contributed by atoms with E-state index in [2.05, 4.69) is 5.10 Å². The van der Waals surface area contributed by atoms with Crippen molar-refractivity contribution < 1.29 is 9.18 Å². The molecular formula is C19H17FN2OS. The van der Waals surface area contributed by atoms with Crippen LogP contribution in [0.4, 0.5) is 4.39 Å². The van der Waals surface area contributed by atoms with Crippen LogP contribution in [-0.2, 0) is 0 Å². The molecule has 3 rings (SSSR count). The molecule has 0 atom stereocenters. The molecule has 0 saturated heterocycles. The van der Waals surface area contributed by atoms with Crippen molar-refractivity contribution in [3.8, 4) is 10.4 Å². The highest BCUT2D eigenvalue weighted by Crippen LogP contribution is 2.29. The average molecular weight is 340 g/mol. The van der Waals surface area contributed by atoms with Crippen LogP contribution in [0.5, 0.6) is 0 Å². The molecule has 0 aliphatic carbocycles. The molecule has 0 saturated carbocycles. The first-order valence-corrected chi connectivity index (χ1v) is 8.47. The molecule has 0 fully saturated rings. The zero-order valence-corrected chi connectivity index (χ0v) is 14.3. The van der Waals surface area contributed by atoms with Gasteiger partial charge in [0, 0.05) is 22.0 Å². The topological polar surface area (TPSA) is 34.9 Å². The van der Waals surface area contributed by atoms with E-state index in [1.54, 1.807) is 52.7 Å². The van der Waals surface area contributed by atoms with Gasteiger partial charge in [0.1, 0.15) is 5.82 Å². The predicted octanol–water partition coefficient (Wildman–Crippen LogP) is 5.23. The van der Waals surface area contributed by atoms with Crippen LogP contribution in [0, 0.1) is 5.82 Å². The highest BCUT2D eigenvalue weighted by molar-refractivity contribution is 7.16. The zero-order chi connectivity index (χ0) is 17.1. The summed E-state index contributed by atoms with van der Waals surface area (Å²) in [5, 5.41) is 4.18. The van der Waals surface area contributed by atoms with Crippen molar-refractivity contribution in [2.75, 3.05) is 0 Å². The summed E-state index contributed by atoms with van der Waals surface area (Å²) in [6.45, 7) is 4.03. The summed E-state index contributed by atoms with van der Waals surface area (Å²) in [7, 11) is 0. The fourth-order valence-corrected chi connectivity index (χ4v) is 3.13. The molecule has 0 unspecified atom stereocenters. The Hall–Kier alpha value is -2.53. The van der Waals surface area contributed by atoms with Crippen molar-refractivity contribution in [1.29, 1.82) is 0 Å². The molecule has 0 aliphatic heterocycles. The van der Waals surface area contributed by atoms with E-state index in [1.807, 2.05) is 26.0 Å². The van der Waals surface area contributed by atoms with Gasteiger partial charge in [-0.1, -0.05) is 12.1 Å². The smallest absolute Gasteiger partial charge is 0.189 e. The third kappa shape index (κ3) is 3.68. The van der Waals surface area contributed by atoms with Crippen LogP contribution in [0.3, 0.4) is 0 Å². The van der Waals surface area contributed by atoms with E-state index in [0.717, 1.165) is 15.3 Å². The molecule has 122 valence electrons. The summed E-state index contributed by atoms with van der Waals surface area (Å²) in [6, 6.07) is 10.5. The molecule has 3 nitrogen and oxygen atoms in total. The highest BCUT2D eigenvalue weighted by Gasteiger charge is 2.07. The standard InChI is InChI=1S/C19H17FN2OS/c1-13(2)22-12-15(11-21-22)18(23)9-7-17-8-10-19(24-17)14-3-5-16(20)6-4-14/h3-13H,1-2H3. The zero-order valence-electron chi connectivity index (χ0n) is 13.4. The number of allylic oxidation sites excluding steroid dienone is 1. The molecule has 5 heteroatoms. The van der Waals surface area contributed by atoms with E-state index in [9.17, 15) is 9.18 Å². The maximum atomic E-state index is 13.0. The van der Waals surface area contributed by atoms with Crippen molar-refractivity contribution in [2.45, 2.75) is 19.9 Å². The Morgan fingerprint density at radius 3 is 2.62 bits per heavy atom. The molecule has 0 spiro atoms. The van der Waals surface area contributed by atoms with E-state index in [4.69, 9.17) is 0 Å². The number of aromatic nitrogens is 2. The van der Waals surface area contributed by atoms with Crippen LogP contribution < -0.4 is 0 Å². The monoisotopic (exact) mass is 340 g/mol. The molecule has 0 radical (unpaired) electrons. The number of ketones is 1. The van der Waals surface area contributed by atoms with Crippen LogP contribution in [0.25, 0.3) is 16.5 Å². The minimum atomic E-state index is -0.247. The van der Waals surface area contributed by atoms with Crippen LogP contribution in [0.1, 0.15) is 35.1 Å². The summed E-state index contributed by atoms with van der Waals surface area (Å²) in [5.41, 5.74) is 1.54. The number of nitrogens with zero attached hydrogens (tertiary/aromatic N) is 2. The third-order valence-electron chi connectivity index (χ3n) is 3.57. The Labute approximate surface area is 144 Å². The first kappa shape index (κ1) is 16.3. The number of carbonyl (C=O) groups is 1. The van der Waals surface area contributed by atoms with E-state index >= 15 is 0 Å². The molecule has 24 heavy (non-hydrogen) atoms. The second kappa shape index (κ2) is 6.93. The minimum Gasteiger partial charge on any atom is -0.289 e. The number of carbonyl (C=O) groups excluding carboxylic acids is 1. The lowest BCUT2D eigenvalue weighted by Crippen LogP contribution is -2.00. The van der Waals surface area contributed by atoms with Gasteiger partial charge < -0.3 is 0 Å². The van der Waals surface area contributed by atoms with Crippen LogP contribution in [-0.4, -0.2) is 15.6 Å². The lowest BCUT2D eigenvalue weighted by atomic mass is 10.2. The van der Waals surface area contributed by atoms with Crippen molar-refractivity contribution >= 4 is 23.2 Å². The Morgan fingerprint density at radius 2 is 1.96 bits per heavy atom. The largest absolute Gasteiger partial charge is 0.289 e. The predicted molar refractivity (Wildman–Crippen MR) is 95.7 cm³/mol. The lowest BCUT2D eigenvalue weighted by molar-refractivity contribution is 0.104. The van der Waals surface area contributed by atoms with Gasteiger partial charge in [-0.25, -0.2) is 4.39 Å². The van der Waals surface area contributed by atoms with Gasteiger partial charge >= 0.3 is 0 Å². The van der Waals surface area contributed by atoms with Gasteiger partial charge in [0.05, 0.1) is 11.8 Å². The van der Waals surface area contributed by atoms with Gasteiger partial charge in [0.25, 0.3) is 0 Å². The normalized spacial score (nSPS) is 11.5. The van der Waals surface area contributed by atoms with Crippen molar-refractivity contribution in [1.82, 2.24) is 9.78 Å². The van der Waals surface area contributed by atoms with Crippen LogP contribution in [0.15, 0.2) is 54.9 Å². The molecule has 0 bridgehead atoms. The highest BCUT2D eigenvalue weighted by atomic mass is 32.1. The maximum absolute atomic E-state index is 13.0. The fourth-order valence-electron chi connectivity index (χ4n) is 2.21. The Balaban J connectivity index is 1.72. The second-order valence-corrected chi connectivity index (χ2v) is 6.82.